The van der Waals surface area contributed by atoms with Gasteiger partial charge in [-0.3, -0.25) is 0 Å². The summed E-state index contributed by atoms with van der Waals surface area (Å²) in [7, 11) is 1.59. The summed E-state index contributed by atoms with van der Waals surface area (Å²) in [6.07, 6.45) is 0. The van der Waals surface area contributed by atoms with Crippen LogP contribution in [0.4, 0.5) is 5.95 Å². The number of para-hydroxylation sites is 1. The number of tetrazole rings is 1. The second kappa shape index (κ2) is 6.19. The van der Waals surface area contributed by atoms with Crippen LogP contribution in [-0.4, -0.2) is 38.9 Å². The van der Waals surface area contributed by atoms with E-state index >= 15 is 0 Å². The Morgan fingerprint density at radius 1 is 1.28 bits per heavy atom. The molecule has 1 N–H and O–H groups in total. The van der Waals surface area contributed by atoms with Gasteiger partial charge in [-0.25, -0.2) is 4.79 Å². The van der Waals surface area contributed by atoms with E-state index in [4.69, 9.17) is 9.47 Å². The molecular formula is C17H21N5O3. The van der Waals surface area contributed by atoms with Crippen LogP contribution in [0.2, 0.25) is 0 Å². The van der Waals surface area contributed by atoms with E-state index in [1.165, 1.54) is 0 Å². The molecular weight excluding hydrogens is 322 g/mol. The van der Waals surface area contributed by atoms with Gasteiger partial charge in [-0.15, -0.1) is 0 Å². The summed E-state index contributed by atoms with van der Waals surface area (Å²) in [5.74, 6) is 0.681. The predicted octanol–water partition coefficient (Wildman–Crippen LogP) is 2.31. The highest BCUT2D eigenvalue weighted by atomic mass is 16.6. The van der Waals surface area contributed by atoms with Crippen LogP contribution in [0.1, 0.15) is 39.3 Å². The van der Waals surface area contributed by atoms with Crippen molar-refractivity contribution in [1.82, 2.24) is 20.2 Å². The molecule has 0 aliphatic carbocycles. The van der Waals surface area contributed by atoms with E-state index in [1.54, 1.807) is 18.7 Å². The van der Waals surface area contributed by atoms with Crippen molar-refractivity contribution in [2.45, 2.75) is 39.3 Å². The topological polar surface area (TPSA) is 91.2 Å². The number of methoxy groups -OCH3 is 1. The zero-order valence-electron chi connectivity index (χ0n) is 14.9. The van der Waals surface area contributed by atoms with E-state index in [0.29, 0.717) is 23.0 Å². The third kappa shape index (κ3) is 3.19. The van der Waals surface area contributed by atoms with Gasteiger partial charge in [0, 0.05) is 11.3 Å². The average molecular weight is 343 g/mol. The first-order chi connectivity index (χ1) is 11.8. The van der Waals surface area contributed by atoms with Crippen LogP contribution in [-0.2, 0) is 9.53 Å². The van der Waals surface area contributed by atoms with E-state index in [2.05, 4.69) is 20.8 Å². The molecule has 0 saturated heterocycles. The van der Waals surface area contributed by atoms with Gasteiger partial charge in [-0.2, -0.15) is 4.68 Å². The number of hydrogen-bond donors (Lipinski definition) is 1. The first kappa shape index (κ1) is 16.9. The number of ether oxygens (including phenoxy) is 2. The summed E-state index contributed by atoms with van der Waals surface area (Å²) in [5.41, 5.74) is 1.25. The Labute approximate surface area is 145 Å². The minimum Gasteiger partial charge on any atom is -0.496 e. The number of nitrogens with one attached hydrogen (secondary N) is 1. The number of carbonyl (C=O) groups is 1. The van der Waals surface area contributed by atoms with Gasteiger partial charge in [-0.05, 0) is 44.2 Å². The van der Waals surface area contributed by atoms with Gasteiger partial charge < -0.3 is 14.8 Å². The molecule has 0 bridgehead atoms. The van der Waals surface area contributed by atoms with Crippen molar-refractivity contribution in [2.75, 3.05) is 12.4 Å². The summed E-state index contributed by atoms with van der Waals surface area (Å²) in [6, 6.07) is 6.93. The molecule has 1 aromatic heterocycles. The molecule has 1 aliphatic heterocycles. The van der Waals surface area contributed by atoms with Crippen LogP contribution >= 0.6 is 0 Å². The van der Waals surface area contributed by atoms with Gasteiger partial charge in [0.05, 0.1) is 12.7 Å². The fraction of sp³-hybridized carbons (Fsp3) is 0.412. The lowest BCUT2D eigenvalue weighted by molar-refractivity contribution is -0.150. The van der Waals surface area contributed by atoms with Gasteiger partial charge in [0.2, 0.25) is 5.95 Å². The minimum absolute atomic E-state index is 0.422. The molecule has 1 aliphatic rings. The third-order valence-corrected chi connectivity index (χ3v) is 3.77. The quantitative estimate of drug-likeness (QED) is 0.855. The fourth-order valence-corrected chi connectivity index (χ4v) is 2.79. The van der Waals surface area contributed by atoms with Crippen LogP contribution < -0.4 is 10.1 Å². The molecule has 0 radical (unpaired) electrons. The summed E-state index contributed by atoms with van der Waals surface area (Å²) in [5, 5.41) is 14.8. The van der Waals surface area contributed by atoms with Crippen molar-refractivity contribution in [3.8, 4) is 5.75 Å². The highest BCUT2D eigenvalue weighted by Crippen LogP contribution is 2.39. The monoisotopic (exact) mass is 343 g/mol. The second-order valence-electron chi connectivity index (χ2n) is 6.76. The second-order valence-corrected chi connectivity index (χ2v) is 6.76. The summed E-state index contributed by atoms with van der Waals surface area (Å²) >= 11 is 0. The number of allylic oxidation sites excluding steroid dienone is 1. The summed E-state index contributed by atoms with van der Waals surface area (Å²) in [6.45, 7) is 7.30. The smallest absolute Gasteiger partial charge is 0.338 e. The molecule has 1 aromatic carbocycles. The first-order valence-electron chi connectivity index (χ1n) is 7.93. The van der Waals surface area contributed by atoms with Crippen molar-refractivity contribution in [3.63, 3.8) is 0 Å². The minimum atomic E-state index is -0.615. The van der Waals surface area contributed by atoms with Gasteiger partial charge in [0.1, 0.15) is 17.4 Å². The number of hydrogen-bond acceptors (Lipinski definition) is 7. The lowest BCUT2D eigenvalue weighted by Gasteiger charge is -2.30. The number of aromatic nitrogens is 4. The maximum atomic E-state index is 12.9. The molecule has 3 rings (SSSR count). The van der Waals surface area contributed by atoms with Crippen LogP contribution in [0.15, 0.2) is 35.5 Å². The van der Waals surface area contributed by atoms with E-state index in [9.17, 15) is 4.79 Å². The molecule has 8 nitrogen and oxygen atoms in total. The maximum Gasteiger partial charge on any atom is 0.338 e. The number of carbonyl (C=O) groups excluding carboxylic acids is 1. The summed E-state index contributed by atoms with van der Waals surface area (Å²) < 4.78 is 12.6. The van der Waals surface area contributed by atoms with E-state index in [0.717, 1.165) is 5.56 Å². The normalized spacial score (nSPS) is 16.9. The molecule has 1 unspecified atom stereocenters. The van der Waals surface area contributed by atoms with Crippen molar-refractivity contribution in [3.05, 3.63) is 41.1 Å². The molecule has 0 saturated carbocycles. The lowest BCUT2D eigenvalue weighted by atomic mass is 9.95. The Bertz CT molecular complexity index is 835. The molecule has 2 heterocycles. The zero-order valence-corrected chi connectivity index (χ0v) is 14.9. The molecule has 0 amide bonds. The Morgan fingerprint density at radius 3 is 2.68 bits per heavy atom. The van der Waals surface area contributed by atoms with Crippen molar-refractivity contribution >= 4 is 11.9 Å². The number of rotatable bonds is 3. The van der Waals surface area contributed by atoms with E-state index in [1.807, 2.05) is 45.0 Å². The van der Waals surface area contributed by atoms with Crippen molar-refractivity contribution < 1.29 is 14.3 Å². The molecule has 8 heteroatoms. The van der Waals surface area contributed by atoms with Crippen molar-refractivity contribution in [2.24, 2.45) is 0 Å². The Balaban J connectivity index is 2.15. The number of esters is 1. The maximum absolute atomic E-state index is 12.9. The molecule has 132 valence electrons. The van der Waals surface area contributed by atoms with Crippen molar-refractivity contribution in [1.29, 1.82) is 0 Å². The summed E-state index contributed by atoms with van der Waals surface area (Å²) in [4.78, 5) is 12.9. The van der Waals surface area contributed by atoms with Gasteiger partial charge in [0.15, 0.2) is 0 Å². The third-order valence-electron chi connectivity index (χ3n) is 3.77. The Hall–Kier alpha value is -2.90. The molecule has 25 heavy (non-hydrogen) atoms. The van der Waals surface area contributed by atoms with Gasteiger partial charge >= 0.3 is 5.97 Å². The number of fused-ring (bicyclic) bond motifs is 1. The first-order valence-corrected chi connectivity index (χ1v) is 7.93. The van der Waals surface area contributed by atoms with E-state index in [-0.39, 0.29) is 0 Å². The highest BCUT2D eigenvalue weighted by Gasteiger charge is 2.37. The number of benzene rings is 1. The predicted molar refractivity (Wildman–Crippen MR) is 91.1 cm³/mol. The van der Waals surface area contributed by atoms with Crippen LogP contribution in [0.25, 0.3) is 0 Å². The highest BCUT2D eigenvalue weighted by molar-refractivity contribution is 5.92. The zero-order chi connectivity index (χ0) is 18.2. The molecule has 1 atom stereocenters. The van der Waals surface area contributed by atoms with E-state index < -0.39 is 17.6 Å². The Kier molecular flexibility index (Phi) is 4.20. The lowest BCUT2D eigenvalue weighted by Crippen LogP contribution is -2.33. The molecule has 0 fully saturated rings. The number of anilines is 1. The number of nitrogens with zero attached hydrogens (tertiary/aromatic N) is 4. The fourth-order valence-electron chi connectivity index (χ4n) is 2.79. The van der Waals surface area contributed by atoms with Gasteiger partial charge in [0.25, 0.3) is 0 Å². The van der Waals surface area contributed by atoms with Crippen LogP contribution in [0.5, 0.6) is 5.75 Å². The Morgan fingerprint density at radius 2 is 2.00 bits per heavy atom. The molecule has 0 spiro atoms. The van der Waals surface area contributed by atoms with Crippen LogP contribution in [0.3, 0.4) is 0 Å². The molecule has 2 aromatic rings. The largest absolute Gasteiger partial charge is 0.496 e. The van der Waals surface area contributed by atoms with Crippen LogP contribution in [0, 0.1) is 0 Å². The SMILES string of the molecule is COc1ccccc1C1C(C(=O)OC(C)(C)C)=C(C)Nc2nnnn21. The van der Waals surface area contributed by atoms with Gasteiger partial charge in [-0.1, -0.05) is 23.3 Å². The standard InChI is InChI=1S/C17H21N5O3/c1-10-13(15(23)25-17(2,3)4)14(22-16(18-10)19-20-21-22)11-8-6-7-9-12(11)24-5/h6-9,14H,1-5H3,(H,18,19,21). The average Bonchev–Trinajstić information content (AvgIpc) is 2.99.